The molecule has 6 rings (SSSR count). The minimum Gasteiger partial charge on any atom is -0.507 e. The van der Waals surface area contributed by atoms with Gasteiger partial charge in [-0.1, -0.05) is 11.3 Å². The number of fused-ring (bicyclic) bond motifs is 2. The van der Waals surface area contributed by atoms with Crippen molar-refractivity contribution in [1.29, 1.82) is 0 Å². The molecule has 2 N–H and O–H groups in total. The molecule has 3 heterocycles. The molecule has 0 spiro atoms. The van der Waals surface area contributed by atoms with Crippen LogP contribution in [-0.2, 0) is 16.0 Å². The summed E-state index contributed by atoms with van der Waals surface area (Å²) in [7, 11) is 2.96. The van der Waals surface area contributed by atoms with E-state index in [1.165, 1.54) is 29.4 Å². The first kappa shape index (κ1) is 26.1. The molecule has 0 radical (unpaired) electrons. The van der Waals surface area contributed by atoms with E-state index in [1.54, 1.807) is 49.6 Å². The number of Topliss-reactive ketones (excluding diaryl/α,β-unsaturated/α-hetero) is 1. The number of carbonyl (C=O) groups excluding carboxylic acids is 2. The van der Waals surface area contributed by atoms with Crippen molar-refractivity contribution >= 4 is 60.1 Å². The van der Waals surface area contributed by atoms with Crippen LogP contribution in [0.4, 0.5) is 5.13 Å². The van der Waals surface area contributed by atoms with Crippen molar-refractivity contribution in [2.24, 2.45) is 0 Å². The summed E-state index contributed by atoms with van der Waals surface area (Å²) in [5, 5.41) is 22.3. The van der Waals surface area contributed by atoms with Crippen LogP contribution >= 0.6 is 27.3 Å². The number of aromatic hydroxyl groups is 1. The summed E-state index contributed by atoms with van der Waals surface area (Å²) in [5.74, 6) is -0.664. The summed E-state index contributed by atoms with van der Waals surface area (Å²) in [6, 6.07) is 12.6. The molecule has 40 heavy (non-hydrogen) atoms. The van der Waals surface area contributed by atoms with Crippen LogP contribution in [0.3, 0.4) is 0 Å². The van der Waals surface area contributed by atoms with Gasteiger partial charge >= 0.3 is 5.91 Å². The van der Waals surface area contributed by atoms with Crippen LogP contribution in [0.1, 0.15) is 29.7 Å². The van der Waals surface area contributed by atoms with Crippen LogP contribution in [-0.4, -0.2) is 47.2 Å². The van der Waals surface area contributed by atoms with E-state index in [1.807, 2.05) is 6.92 Å². The summed E-state index contributed by atoms with van der Waals surface area (Å²) in [4.78, 5) is 33.2. The molecule has 4 aromatic rings. The van der Waals surface area contributed by atoms with Crippen molar-refractivity contribution < 1.29 is 34.0 Å². The van der Waals surface area contributed by atoms with E-state index >= 15 is 0 Å². The molecule has 0 saturated carbocycles. The third kappa shape index (κ3) is 4.16. The van der Waals surface area contributed by atoms with Crippen LogP contribution in [0.25, 0.3) is 16.0 Å². The van der Waals surface area contributed by atoms with Crippen LogP contribution in [0.2, 0.25) is 0 Å². The third-order valence-electron chi connectivity index (χ3n) is 6.99. The number of rotatable bonds is 5. The fraction of sp³-hybridized carbons (Fsp3) is 0.207. The second-order valence-corrected chi connectivity index (χ2v) is 11.4. The van der Waals surface area contributed by atoms with Crippen molar-refractivity contribution in [3.63, 3.8) is 0 Å². The average molecular weight is 623 g/mol. The summed E-state index contributed by atoms with van der Waals surface area (Å²) in [6.07, 6.45) is 0.656. The molecule has 2 unspecified atom stereocenters. The first-order valence-corrected chi connectivity index (χ1v) is 13.9. The maximum absolute atomic E-state index is 13.6. The number of benzene rings is 3. The minimum atomic E-state index is -1.06. The van der Waals surface area contributed by atoms with Gasteiger partial charge in [0.2, 0.25) is 0 Å². The highest BCUT2D eigenvalue weighted by Crippen LogP contribution is 2.47. The Labute approximate surface area is 241 Å². The van der Waals surface area contributed by atoms with Gasteiger partial charge in [0.25, 0.3) is 5.78 Å². The van der Waals surface area contributed by atoms with Gasteiger partial charge in [-0.25, -0.2) is 4.98 Å². The molecule has 2 atom stereocenters. The number of anilines is 1. The molecule has 204 valence electrons. The number of hydrogen-bond acceptors (Lipinski definition) is 9. The quantitative estimate of drug-likeness (QED) is 0.164. The number of aliphatic hydroxyl groups is 1. The summed E-state index contributed by atoms with van der Waals surface area (Å²) in [5.41, 5.74) is 2.24. The maximum Gasteiger partial charge on any atom is 0.301 e. The SMILES string of the molecule is COc1ccc2nc(N3C(=O)C(=O)C(=C(O)c4ccc5c(c4)CC(C)O5)C3c3cc(Br)c(O)c(OC)c3)sc2c1. The van der Waals surface area contributed by atoms with E-state index < -0.39 is 17.7 Å². The highest BCUT2D eigenvalue weighted by molar-refractivity contribution is 9.10. The lowest BCUT2D eigenvalue weighted by Gasteiger charge is -2.24. The van der Waals surface area contributed by atoms with E-state index in [0.717, 1.165) is 16.0 Å². The molecule has 1 aromatic heterocycles. The zero-order chi connectivity index (χ0) is 28.3. The molecule has 1 amide bonds. The molecule has 9 nitrogen and oxygen atoms in total. The van der Waals surface area contributed by atoms with Gasteiger partial charge in [0, 0.05) is 12.0 Å². The summed E-state index contributed by atoms with van der Waals surface area (Å²) in [6.45, 7) is 1.95. The van der Waals surface area contributed by atoms with Gasteiger partial charge in [-0.3, -0.25) is 14.5 Å². The molecule has 3 aromatic carbocycles. The largest absolute Gasteiger partial charge is 0.507 e. The first-order valence-electron chi connectivity index (χ1n) is 12.3. The highest BCUT2D eigenvalue weighted by atomic mass is 79.9. The Morgan fingerprint density at radius 3 is 2.67 bits per heavy atom. The number of halogens is 1. The van der Waals surface area contributed by atoms with Crippen LogP contribution in [0.5, 0.6) is 23.0 Å². The molecular formula is C29H23BrN2O7S. The number of phenolic OH excluding ortho intramolecular Hbond substituents is 1. The number of nitrogens with zero attached hydrogens (tertiary/aromatic N) is 2. The molecule has 0 aliphatic carbocycles. The van der Waals surface area contributed by atoms with E-state index in [0.29, 0.717) is 33.3 Å². The van der Waals surface area contributed by atoms with Gasteiger partial charge in [0.1, 0.15) is 23.4 Å². The Morgan fingerprint density at radius 2 is 1.93 bits per heavy atom. The molecule has 0 bridgehead atoms. The molecule has 1 saturated heterocycles. The zero-order valence-corrected chi connectivity index (χ0v) is 24.0. The van der Waals surface area contributed by atoms with E-state index in [2.05, 4.69) is 20.9 Å². The lowest BCUT2D eigenvalue weighted by Crippen LogP contribution is -2.29. The van der Waals surface area contributed by atoms with Crippen molar-refractivity contribution in [2.75, 3.05) is 19.1 Å². The van der Waals surface area contributed by atoms with Crippen LogP contribution in [0, 0.1) is 0 Å². The number of methoxy groups -OCH3 is 2. The molecule has 1 fully saturated rings. The predicted octanol–water partition coefficient (Wildman–Crippen LogP) is 5.73. The van der Waals surface area contributed by atoms with Crippen molar-refractivity contribution in [3.8, 4) is 23.0 Å². The van der Waals surface area contributed by atoms with Crippen LogP contribution < -0.4 is 19.1 Å². The average Bonchev–Trinajstić information content (AvgIpc) is 3.61. The van der Waals surface area contributed by atoms with E-state index in [4.69, 9.17) is 14.2 Å². The summed E-state index contributed by atoms with van der Waals surface area (Å²) >= 11 is 4.56. The van der Waals surface area contributed by atoms with Gasteiger partial charge in [-0.05, 0) is 82.5 Å². The number of amides is 1. The smallest absolute Gasteiger partial charge is 0.301 e. The first-order chi connectivity index (χ1) is 19.2. The highest BCUT2D eigenvalue weighted by Gasteiger charge is 2.48. The number of thiazole rings is 1. The number of ether oxygens (including phenoxy) is 3. The zero-order valence-electron chi connectivity index (χ0n) is 21.6. The number of aliphatic hydroxyl groups excluding tert-OH is 1. The standard InChI is InChI=1S/C29H23BrN2O7S/c1-13-8-15-9-14(4-7-20(15)39-13)25(33)23-24(16-10-18(30)26(34)21(11-16)38-3)32(28(36)27(23)35)29-31-19-6-5-17(37-2)12-22(19)40-29/h4-7,9-13,24,33-34H,8H2,1-3H3. The van der Waals surface area contributed by atoms with Gasteiger partial charge in [-0.2, -0.15) is 0 Å². The third-order valence-corrected chi connectivity index (χ3v) is 8.61. The van der Waals surface area contributed by atoms with Crippen molar-refractivity contribution in [3.05, 3.63) is 75.3 Å². The maximum atomic E-state index is 13.6. The second-order valence-electron chi connectivity index (χ2n) is 9.51. The second kappa shape index (κ2) is 9.83. The summed E-state index contributed by atoms with van der Waals surface area (Å²) < 4.78 is 17.5. The molecule has 2 aliphatic rings. The van der Waals surface area contributed by atoms with Gasteiger partial charge in [0.15, 0.2) is 16.6 Å². The van der Waals surface area contributed by atoms with Crippen molar-refractivity contribution in [2.45, 2.75) is 25.5 Å². The predicted molar refractivity (Wildman–Crippen MR) is 154 cm³/mol. The minimum absolute atomic E-state index is 0.00236. The van der Waals surface area contributed by atoms with Crippen LogP contribution in [0.15, 0.2) is 58.6 Å². The van der Waals surface area contributed by atoms with Gasteiger partial charge in [0.05, 0.1) is 40.5 Å². The lowest BCUT2D eigenvalue weighted by atomic mass is 9.94. The fourth-order valence-electron chi connectivity index (χ4n) is 5.10. The fourth-order valence-corrected chi connectivity index (χ4v) is 6.58. The Bertz CT molecular complexity index is 1750. The topological polar surface area (TPSA) is 118 Å². The number of phenols is 1. The Hall–Kier alpha value is -4.09. The Kier molecular flexibility index (Phi) is 6.42. The van der Waals surface area contributed by atoms with Gasteiger partial charge < -0.3 is 24.4 Å². The number of aromatic nitrogens is 1. The number of carbonyl (C=O) groups is 2. The lowest BCUT2D eigenvalue weighted by molar-refractivity contribution is -0.132. The number of ketones is 1. The normalized spacial score (nSPS) is 19.6. The molecular weight excluding hydrogens is 600 g/mol. The van der Waals surface area contributed by atoms with E-state index in [9.17, 15) is 19.8 Å². The van der Waals surface area contributed by atoms with Crippen molar-refractivity contribution in [1.82, 2.24) is 4.98 Å². The molecule has 11 heteroatoms. The Balaban J connectivity index is 1.57. The number of hydrogen-bond donors (Lipinski definition) is 2. The van der Waals surface area contributed by atoms with Gasteiger partial charge in [-0.15, -0.1) is 0 Å². The monoisotopic (exact) mass is 622 g/mol. The Morgan fingerprint density at radius 1 is 1.12 bits per heavy atom. The molecule has 2 aliphatic heterocycles. The van der Waals surface area contributed by atoms with E-state index in [-0.39, 0.29) is 34.1 Å².